The quantitative estimate of drug-likeness (QED) is 0.857. The van der Waals surface area contributed by atoms with E-state index in [-0.39, 0.29) is 11.7 Å². The number of amides is 1. The number of carbonyl (C=O) groups is 1. The number of hydrogen-bond acceptors (Lipinski definition) is 3. The second-order valence-corrected chi connectivity index (χ2v) is 7.64. The summed E-state index contributed by atoms with van der Waals surface area (Å²) in [5.74, 6) is 0.494. The minimum Gasteiger partial charge on any atom is -0.355 e. The summed E-state index contributed by atoms with van der Waals surface area (Å²) >= 11 is 0. The van der Waals surface area contributed by atoms with E-state index in [0.717, 1.165) is 30.5 Å². The average Bonchev–Trinajstić information content (AvgIpc) is 3.26. The summed E-state index contributed by atoms with van der Waals surface area (Å²) < 4.78 is 14.1. The Hall–Kier alpha value is -2.30. The first-order valence-corrected chi connectivity index (χ1v) is 9.92. The van der Waals surface area contributed by atoms with Gasteiger partial charge in [0.2, 0.25) is 5.91 Å². The zero-order valence-electron chi connectivity index (χ0n) is 16.6. The molecule has 1 amide bonds. The Morgan fingerprint density at radius 2 is 2.04 bits per heavy atom. The molecule has 1 N–H and O–H groups in total. The van der Waals surface area contributed by atoms with Crippen molar-refractivity contribution in [2.45, 2.75) is 58.3 Å². The monoisotopic (exact) mass is 369 g/mol. The van der Waals surface area contributed by atoms with E-state index in [1.807, 2.05) is 19.9 Å². The van der Waals surface area contributed by atoms with Crippen LogP contribution in [0.4, 0.5) is 4.39 Å². The van der Waals surface area contributed by atoms with Crippen molar-refractivity contribution < 1.29 is 9.18 Å². The Morgan fingerprint density at radius 1 is 1.30 bits per heavy atom. The number of aromatic nitrogens is 2. The van der Waals surface area contributed by atoms with Crippen molar-refractivity contribution in [2.24, 2.45) is 5.92 Å². The van der Waals surface area contributed by atoms with Gasteiger partial charge in [-0.05, 0) is 54.9 Å². The van der Waals surface area contributed by atoms with Gasteiger partial charge < -0.3 is 5.32 Å². The molecule has 2 atom stereocenters. The van der Waals surface area contributed by atoms with Gasteiger partial charge in [0.05, 0.1) is 16.8 Å². The molecule has 4 rings (SSSR count). The van der Waals surface area contributed by atoms with Crippen LogP contribution in [0.1, 0.15) is 64.1 Å². The molecule has 1 saturated carbocycles. The molecule has 1 aromatic heterocycles. The Morgan fingerprint density at radius 3 is 2.74 bits per heavy atom. The highest BCUT2D eigenvalue weighted by Crippen LogP contribution is 2.56. The molecule has 0 spiro atoms. The van der Waals surface area contributed by atoms with E-state index < -0.39 is 5.41 Å². The minimum atomic E-state index is -0.546. The Balaban J connectivity index is 0.00000102. The molecule has 0 saturated heterocycles. The summed E-state index contributed by atoms with van der Waals surface area (Å²) in [4.78, 5) is 12.9. The molecule has 2 aliphatic carbocycles. The summed E-state index contributed by atoms with van der Waals surface area (Å²) in [5, 5.41) is 11.7. The van der Waals surface area contributed by atoms with Gasteiger partial charge in [0.15, 0.2) is 0 Å². The topological polar surface area (TPSA) is 54.9 Å². The largest absolute Gasteiger partial charge is 0.355 e. The number of rotatable bonds is 4. The van der Waals surface area contributed by atoms with Gasteiger partial charge in [-0.1, -0.05) is 39.8 Å². The molecular formula is C22H28FN3O. The third-order valence-electron chi connectivity index (χ3n) is 5.49. The van der Waals surface area contributed by atoms with E-state index in [1.165, 1.54) is 6.07 Å². The molecule has 27 heavy (non-hydrogen) atoms. The van der Waals surface area contributed by atoms with Crippen LogP contribution in [-0.4, -0.2) is 22.6 Å². The second kappa shape index (κ2) is 7.75. The van der Waals surface area contributed by atoms with Gasteiger partial charge in [-0.15, -0.1) is 0 Å². The zero-order chi connectivity index (χ0) is 19.6. The van der Waals surface area contributed by atoms with Crippen LogP contribution >= 0.6 is 0 Å². The Labute approximate surface area is 160 Å². The molecule has 2 bridgehead atoms. The van der Waals surface area contributed by atoms with E-state index in [9.17, 15) is 9.18 Å². The lowest BCUT2D eigenvalue weighted by Gasteiger charge is -2.26. The highest BCUT2D eigenvalue weighted by Gasteiger charge is 2.55. The number of halogens is 1. The maximum absolute atomic E-state index is 14.1. The second-order valence-electron chi connectivity index (χ2n) is 7.64. The van der Waals surface area contributed by atoms with E-state index in [2.05, 4.69) is 29.4 Å². The number of nitrogens with zero attached hydrogens (tertiary/aromatic N) is 2. The lowest BCUT2D eigenvalue weighted by atomic mass is 9.82. The molecule has 1 aromatic carbocycles. The van der Waals surface area contributed by atoms with Gasteiger partial charge in [-0.25, -0.2) is 4.39 Å². The first-order valence-electron chi connectivity index (χ1n) is 9.92. The third kappa shape index (κ3) is 3.35. The third-order valence-corrected chi connectivity index (χ3v) is 5.49. The van der Waals surface area contributed by atoms with Crippen LogP contribution in [0.5, 0.6) is 0 Å². The van der Waals surface area contributed by atoms with Gasteiger partial charge in [0.1, 0.15) is 5.82 Å². The van der Waals surface area contributed by atoms with Gasteiger partial charge in [-0.2, -0.15) is 10.2 Å². The van der Waals surface area contributed by atoms with Crippen molar-refractivity contribution >= 4 is 5.91 Å². The molecule has 0 aliphatic heterocycles. The first-order chi connectivity index (χ1) is 13.0. The van der Waals surface area contributed by atoms with Crippen LogP contribution < -0.4 is 5.32 Å². The molecule has 1 fully saturated rings. The number of hydrogen-bond donors (Lipinski definition) is 1. The lowest BCUT2D eigenvalue weighted by Crippen LogP contribution is -2.43. The normalized spacial score (nSPS) is 22.2. The highest BCUT2D eigenvalue weighted by atomic mass is 19.1. The van der Waals surface area contributed by atoms with E-state index in [0.29, 0.717) is 29.6 Å². The van der Waals surface area contributed by atoms with Crippen LogP contribution in [0.3, 0.4) is 0 Å². The summed E-state index contributed by atoms with van der Waals surface area (Å²) in [6.07, 6.45) is 2.59. The number of carbonyl (C=O) groups excluding carboxylic acids is 1. The minimum absolute atomic E-state index is 0.0652. The molecule has 2 aromatic rings. The smallest absolute Gasteiger partial charge is 0.232 e. The summed E-state index contributed by atoms with van der Waals surface area (Å²) in [5.41, 5.74) is 2.32. The predicted octanol–water partition coefficient (Wildman–Crippen LogP) is 4.60. The predicted molar refractivity (Wildman–Crippen MR) is 105 cm³/mol. The standard InChI is InChI=1S/C20H22FN3O.C2H6/c1-12(2)11-22-19(25)20-8-7-13(10-20)15-9-17(23-24-18(15)20)14-5-3-4-6-16(14)21;1-2/h3-6,9,12-13H,7-8,10-11H2,1-2H3,(H,22,25);1-2H3/t13-,20-;/m0./s1. The van der Waals surface area contributed by atoms with Crippen molar-refractivity contribution in [3.05, 3.63) is 47.4 Å². The van der Waals surface area contributed by atoms with Crippen LogP contribution in [0.2, 0.25) is 0 Å². The van der Waals surface area contributed by atoms with Crippen molar-refractivity contribution in [2.75, 3.05) is 6.54 Å². The molecule has 0 unspecified atom stereocenters. The molecule has 0 radical (unpaired) electrons. The van der Waals surface area contributed by atoms with Crippen LogP contribution in [0.25, 0.3) is 11.3 Å². The molecule has 5 heteroatoms. The van der Waals surface area contributed by atoms with Crippen molar-refractivity contribution in [3.63, 3.8) is 0 Å². The maximum atomic E-state index is 14.1. The number of fused-ring (bicyclic) bond motifs is 5. The maximum Gasteiger partial charge on any atom is 0.232 e. The van der Waals surface area contributed by atoms with Gasteiger partial charge in [0, 0.05) is 12.1 Å². The number of nitrogens with one attached hydrogen (secondary N) is 1. The fourth-order valence-corrected chi connectivity index (χ4v) is 4.20. The molecule has 2 aliphatic rings. The Kier molecular flexibility index (Phi) is 5.59. The van der Waals surface area contributed by atoms with E-state index in [1.54, 1.807) is 18.2 Å². The Bertz CT molecular complexity index is 836. The van der Waals surface area contributed by atoms with Gasteiger partial charge in [0.25, 0.3) is 0 Å². The SMILES string of the molecule is CC.CC(C)CNC(=O)[C@@]12CC[C@@H](C1)c1cc(-c3ccccc3F)nnc12. The van der Waals surface area contributed by atoms with E-state index in [4.69, 9.17) is 0 Å². The van der Waals surface area contributed by atoms with Crippen LogP contribution in [0, 0.1) is 11.7 Å². The van der Waals surface area contributed by atoms with Crippen LogP contribution in [-0.2, 0) is 10.2 Å². The highest BCUT2D eigenvalue weighted by molar-refractivity contribution is 5.90. The zero-order valence-corrected chi connectivity index (χ0v) is 16.6. The molecular weight excluding hydrogens is 341 g/mol. The van der Waals surface area contributed by atoms with Gasteiger partial charge in [-0.3, -0.25) is 4.79 Å². The summed E-state index contributed by atoms with van der Waals surface area (Å²) in [7, 11) is 0. The molecule has 144 valence electrons. The van der Waals surface area contributed by atoms with Crippen molar-refractivity contribution in [3.8, 4) is 11.3 Å². The van der Waals surface area contributed by atoms with Crippen molar-refractivity contribution in [1.29, 1.82) is 0 Å². The summed E-state index contributed by atoms with van der Waals surface area (Å²) in [6.45, 7) is 8.83. The van der Waals surface area contributed by atoms with E-state index >= 15 is 0 Å². The first kappa shape index (κ1) is 19.5. The fraction of sp³-hybridized carbons (Fsp3) is 0.500. The number of benzene rings is 1. The van der Waals surface area contributed by atoms with Crippen LogP contribution in [0.15, 0.2) is 30.3 Å². The fourth-order valence-electron chi connectivity index (χ4n) is 4.20. The lowest BCUT2D eigenvalue weighted by molar-refractivity contribution is -0.126. The van der Waals surface area contributed by atoms with Gasteiger partial charge >= 0.3 is 0 Å². The van der Waals surface area contributed by atoms with Crippen molar-refractivity contribution in [1.82, 2.24) is 15.5 Å². The molecule has 4 nitrogen and oxygen atoms in total. The average molecular weight is 369 g/mol. The summed E-state index contributed by atoms with van der Waals surface area (Å²) in [6, 6.07) is 8.53. The molecule has 1 heterocycles.